The lowest BCUT2D eigenvalue weighted by atomic mass is 10.1. The van der Waals surface area contributed by atoms with Crippen molar-refractivity contribution in [3.8, 4) is 0 Å². The third-order valence-electron chi connectivity index (χ3n) is 4.72. The van der Waals surface area contributed by atoms with E-state index in [0.29, 0.717) is 25.5 Å². The first-order chi connectivity index (χ1) is 11.8. The average molecular weight is 328 g/mol. The fraction of sp³-hybridized carbons (Fsp3) is 0.444. The van der Waals surface area contributed by atoms with Crippen LogP contribution in [-0.2, 0) is 16.1 Å². The van der Waals surface area contributed by atoms with Crippen LogP contribution in [0.3, 0.4) is 0 Å². The molecule has 6 nitrogen and oxygen atoms in total. The van der Waals surface area contributed by atoms with Gasteiger partial charge in [-0.2, -0.15) is 0 Å². The number of aromatic nitrogens is 1. The predicted molar refractivity (Wildman–Crippen MR) is 85.3 cm³/mol. The first-order valence-corrected chi connectivity index (χ1v) is 8.29. The van der Waals surface area contributed by atoms with E-state index in [4.69, 9.17) is 13.9 Å². The van der Waals surface area contributed by atoms with Crippen molar-refractivity contribution in [1.29, 1.82) is 0 Å². The van der Waals surface area contributed by atoms with Crippen LogP contribution < -0.4 is 0 Å². The molecule has 0 spiro atoms. The minimum atomic E-state index is -0.119. The Morgan fingerprint density at radius 1 is 1.33 bits per heavy atom. The lowest BCUT2D eigenvalue weighted by Crippen LogP contribution is -2.46. The molecule has 4 rings (SSSR count). The van der Waals surface area contributed by atoms with Gasteiger partial charge in [0, 0.05) is 18.9 Å². The number of pyridine rings is 1. The maximum absolute atomic E-state index is 12.7. The van der Waals surface area contributed by atoms with Gasteiger partial charge < -0.3 is 18.8 Å². The highest BCUT2D eigenvalue weighted by Crippen LogP contribution is 2.33. The fourth-order valence-electron chi connectivity index (χ4n) is 3.58. The largest absolute Gasteiger partial charge is 0.459 e. The van der Waals surface area contributed by atoms with Crippen molar-refractivity contribution >= 4 is 5.91 Å². The summed E-state index contributed by atoms with van der Waals surface area (Å²) in [6, 6.07) is 7.33. The molecule has 2 aliphatic rings. The molecule has 1 saturated carbocycles. The van der Waals surface area contributed by atoms with Crippen LogP contribution >= 0.6 is 0 Å². The van der Waals surface area contributed by atoms with Crippen molar-refractivity contribution in [3.05, 3.63) is 54.2 Å². The molecule has 3 heterocycles. The lowest BCUT2D eigenvalue weighted by Gasteiger charge is -2.30. The molecule has 0 unspecified atom stereocenters. The van der Waals surface area contributed by atoms with E-state index in [9.17, 15) is 4.79 Å². The Kier molecular flexibility index (Phi) is 4.32. The highest BCUT2D eigenvalue weighted by Gasteiger charge is 2.45. The number of hydrogen-bond acceptors (Lipinski definition) is 5. The van der Waals surface area contributed by atoms with Crippen LogP contribution in [-0.4, -0.2) is 47.2 Å². The molecule has 1 amide bonds. The van der Waals surface area contributed by atoms with Crippen LogP contribution in [0.15, 0.2) is 47.3 Å². The number of rotatable bonds is 4. The van der Waals surface area contributed by atoms with Crippen molar-refractivity contribution in [2.75, 3.05) is 13.2 Å². The molecule has 24 heavy (non-hydrogen) atoms. The van der Waals surface area contributed by atoms with Gasteiger partial charge in [-0.15, -0.1) is 0 Å². The van der Waals surface area contributed by atoms with Gasteiger partial charge in [0.05, 0.1) is 31.6 Å². The van der Waals surface area contributed by atoms with Crippen LogP contribution in [0.5, 0.6) is 0 Å². The molecule has 6 heteroatoms. The second-order valence-corrected chi connectivity index (χ2v) is 6.17. The van der Waals surface area contributed by atoms with Crippen LogP contribution in [0.25, 0.3) is 0 Å². The molecule has 0 radical (unpaired) electrons. The minimum Gasteiger partial charge on any atom is -0.459 e. The zero-order chi connectivity index (χ0) is 16.4. The maximum atomic E-state index is 12.7. The molecule has 1 saturated heterocycles. The van der Waals surface area contributed by atoms with Gasteiger partial charge >= 0.3 is 0 Å². The van der Waals surface area contributed by atoms with Crippen molar-refractivity contribution in [3.63, 3.8) is 0 Å². The third kappa shape index (κ3) is 2.95. The van der Waals surface area contributed by atoms with Gasteiger partial charge in [-0.1, -0.05) is 6.07 Å². The average Bonchev–Trinajstić information content (AvgIpc) is 3.22. The number of furan rings is 1. The zero-order valence-corrected chi connectivity index (χ0v) is 13.3. The summed E-state index contributed by atoms with van der Waals surface area (Å²) in [5.41, 5.74) is 1.02. The Morgan fingerprint density at radius 2 is 2.29 bits per heavy atom. The van der Waals surface area contributed by atoms with Crippen molar-refractivity contribution < 1.29 is 18.7 Å². The lowest BCUT2D eigenvalue weighted by molar-refractivity contribution is -0.0599. The maximum Gasteiger partial charge on any atom is 0.289 e. The Labute approximate surface area is 140 Å². The number of fused-ring (bicyclic) bond motifs is 2. The van der Waals surface area contributed by atoms with E-state index < -0.39 is 0 Å². The molecule has 2 bridgehead atoms. The Balaban J connectivity index is 1.50. The fourth-order valence-corrected chi connectivity index (χ4v) is 3.58. The monoisotopic (exact) mass is 328 g/mol. The van der Waals surface area contributed by atoms with E-state index in [1.165, 1.54) is 6.26 Å². The molecule has 1 aliphatic carbocycles. The van der Waals surface area contributed by atoms with Gasteiger partial charge in [-0.3, -0.25) is 9.78 Å². The molecule has 3 atom stereocenters. The van der Waals surface area contributed by atoms with Gasteiger partial charge in [-0.05, 0) is 36.6 Å². The number of hydrogen-bond donors (Lipinski definition) is 0. The minimum absolute atomic E-state index is 0.0202. The number of ether oxygens (including phenoxy) is 2. The quantitative estimate of drug-likeness (QED) is 0.861. The highest BCUT2D eigenvalue weighted by atomic mass is 16.5. The number of amides is 1. The first-order valence-electron chi connectivity index (χ1n) is 8.29. The van der Waals surface area contributed by atoms with Gasteiger partial charge in [0.1, 0.15) is 6.10 Å². The van der Waals surface area contributed by atoms with E-state index in [0.717, 1.165) is 18.4 Å². The molecule has 126 valence electrons. The SMILES string of the molecule is O=C(c1ccco1)N1CCO[C@H]2CC[C@H]1[C@H]2OCc1cccnc1. The van der Waals surface area contributed by atoms with E-state index >= 15 is 0 Å². The summed E-state index contributed by atoms with van der Waals surface area (Å²) in [6.07, 6.45) is 6.78. The predicted octanol–water partition coefficient (Wildman–Crippen LogP) is 2.26. The standard InChI is InChI=1S/C18H20N2O4/c21-18(16-4-2-9-22-16)20-8-10-23-15-6-5-14(20)17(15)24-12-13-3-1-7-19-11-13/h1-4,7,9,11,14-15,17H,5-6,8,10,12H2/t14-,15-,17+/m0/s1. The van der Waals surface area contributed by atoms with Crippen molar-refractivity contribution in [2.45, 2.75) is 37.7 Å². The molecule has 2 aromatic heterocycles. The van der Waals surface area contributed by atoms with Crippen molar-refractivity contribution in [2.24, 2.45) is 0 Å². The van der Waals surface area contributed by atoms with Crippen LogP contribution in [0.4, 0.5) is 0 Å². The van der Waals surface area contributed by atoms with Gasteiger partial charge in [-0.25, -0.2) is 0 Å². The number of carbonyl (C=O) groups excluding carboxylic acids is 1. The number of carbonyl (C=O) groups is 1. The van der Waals surface area contributed by atoms with Crippen LogP contribution in [0, 0.1) is 0 Å². The van der Waals surface area contributed by atoms with Gasteiger partial charge in [0.25, 0.3) is 5.91 Å². The molecular weight excluding hydrogens is 308 g/mol. The topological polar surface area (TPSA) is 64.8 Å². The van der Waals surface area contributed by atoms with Gasteiger partial charge in [0.15, 0.2) is 5.76 Å². The Hall–Kier alpha value is -2.18. The molecule has 0 aromatic carbocycles. The van der Waals surface area contributed by atoms with Crippen molar-refractivity contribution in [1.82, 2.24) is 9.88 Å². The number of nitrogens with zero attached hydrogens (tertiary/aromatic N) is 2. The van der Waals surface area contributed by atoms with E-state index in [-0.39, 0.29) is 24.2 Å². The second-order valence-electron chi connectivity index (χ2n) is 6.17. The van der Waals surface area contributed by atoms with Gasteiger partial charge in [0.2, 0.25) is 0 Å². The normalized spacial score (nSPS) is 26.3. The van der Waals surface area contributed by atoms with E-state index in [2.05, 4.69) is 4.98 Å². The second kappa shape index (κ2) is 6.75. The summed E-state index contributed by atoms with van der Waals surface area (Å²) in [7, 11) is 0. The molecule has 0 N–H and O–H groups in total. The molecule has 1 aliphatic heterocycles. The summed E-state index contributed by atoms with van der Waals surface area (Å²) < 4.78 is 17.4. The zero-order valence-electron chi connectivity index (χ0n) is 13.3. The summed E-state index contributed by atoms with van der Waals surface area (Å²) in [5.74, 6) is 0.275. The van der Waals surface area contributed by atoms with E-state index in [1.807, 2.05) is 17.0 Å². The van der Waals surface area contributed by atoms with Crippen LogP contribution in [0.2, 0.25) is 0 Å². The molecule has 2 fully saturated rings. The smallest absolute Gasteiger partial charge is 0.289 e. The third-order valence-corrected chi connectivity index (χ3v) is 4.72. The van der Waals surface area contributed by atoms with E-state index in [1.54, 1.807) is 24.5 Å². The Bertz CT molecular complexity index is 674. The molecule has 2 aromatic rings. The summed E-state index contributed by atoms with van der Waals surface area (Å²) in [4.78, 5) is 18.7. The summed E-state index contributed by atoms with van der Waals surface area (Å²) in [6.45, 7) is 1.56. The molecular formula is C18H20N2O4. The first kappa shape index (κ1) is 15.4. The summed E-state index contributed by atoms with van der Waals surface area (Å²) in [5, 5.41) is 0. The Morgan fingerprint density at radius 3 is 3.08 bits per heavy atom. The highest BCUT2D eigenvalue weighted by molar-refractivity contribution is 5.91. The van der Waals surface area contributed by atoms with Crippen LogP contribution in [0.1, 0.15) is 29.0 Å². The summed E-state index contributed by atoms with van der Waals surface area (Å²) >= 11 is 0.